The quantitative estimate of drug-likeness (QED) is 0.838. The number of amides is 2. The van der Waals surface area contributed by atoms with Gasteiger partial charge in [0.25, 0.3) is 11.8 Å². The maximum Gasteiger partial charge on any atom is 0.251 e. The Labute approximate surface area is 115 Å². The summed E-state index contributed by atoms with van der Waals surface area (Å²) in [5.74, 6) is -0.772. The minimum absolute atomic E-state index is 0.0410. The van der Waals surface area contributed by atoms with Crippen LogP contribution in [0, 0.1) is 0 Å². The third-order valence-corrected chi connectivity index (χ3v) is 4.15. The molecule has 2 rings (SSSR count). The topological polar surface area (TPSA) is 84.7 Å². The van der Waals surface area contributed by atoms with Crippen molar-refractivity contribution in [2.45, 2.75) is 13.0 Å². The van der Waals surface area contributed by atoms with Gasteiger partial charge in [0.2, 0.25) is 0 Å². The minimum Gasteiger partial charge on any atom is -0.375 e. The molecule has 104 valence electrons. The van der Waals surface area contributed by atoms with Gasteiger partial charge in [-0.15, -0.1) is 11.3 Å². The van der Waals surface area contributed by atoms with Gasteiger partial charge in [0.15, 0.2) is 0 Å². The molecular formula is C12H17N3O3S. The monoisotopic (exact) mass is 283 g/mol. The Kier molecular flexibility index (Phi) is 4.18. The number of likely N-dealkylation sites (N-methyl/N-ethyl adjacent to an activating group) is 1. The lowest BCUT2D eigenvalue weighted by Gasteiger charge is -2.22. The zero-order valence-electron chi connectivity index (χ0n) is 11.0. The van der Waals surface area contributed by atoms with Crippen LogP contribution in [0.1, 0.15) is 20.8 Å². The van der Waals surface area contributed by atoms with E-state index in [9.17, 15) is 9.59 Å². The fraction of sp³-hybridized carbons (Fsp3) is 0.500. The molecule has 0 bridgehead atoms. The van der Waals surface area contributed by atoms with E-state index in [0.717, 1.165) is 30.0 Å². The molecule has 0 fully saturated rings. The first-order valence-electron chi connectivity index (χ1n) is 5.94. The van der Waals surface area contributed by atoms with Gasteiger partial charge in [0.1, 0.15) is 11.6 Å². The predicted octanol–water partition coefficient (Wildman–Crippen LogP) is 0.420. The average Bonchev–Trinajstić information content (AvgIpc) is 2.65. The molecule has 1 aliphatic heterocycles. The van der Waals surface area contributed by atoms with E-state index in [0.29, 0.717) is 10.6 Å². The maximum atomic E-state index is 11.6. The van der Waals surface area contributed by atoms with Crippen LogP contribution in [0.3, 0.4) is 0 Å². The first-order valence-corrected chi connectivity index (χ1v) is 6.76. The number of anilines is 1. The van der Waals surface area contributed by atoms with E-state index in [1.54, 1.807) is 0 Å². The molecule has 0 spiro atoms. The first-order chi connectivity index (χ1) is 9.02. The Morgan fingerprint density at radius 3 is 2.89 bits per heavy atom. The molecule has 19 heavy (non-hydrogen) atoms. The lowest BCUT2D eigenvalue weighted by atomic mass is 10.0. The minimum atomic E-state index is -0.491. The van der Waals surface area contributed by atoms with Crippen molar-refractivity contribution in [2.75, 3.05) is 32.6 Å². The molecule has 1 aliphatic rings. The summed E-state index contributed by atoms with van der Waals surface area (Å²) in [6, 6.07) is 0. The van der Waals surface area contributed by atoms with Gasteiger partial charge in [-0.2, -0.15) is 0 Å². The van der Waals surface area contributed by atoms with Crippen LogP contribution in [0.25, 0.3) is 0 Å². The van der Waals surface area contributed by atoms with Gasteiger partial charge in [0.05, 0.1) is 5.56 Å². The Hall–Kier alpha value is -1.44. The lowest BCUT2D eigenvalue weighted by molar-refractivity contribution is -0.119. The molecule has 0 radical (unpaired) electrons. The molecule has 0 aromatic carbocycles. The molecule has 1 aromatic heterocycles. The number of hydrogen-bond donors (Lipinski definition) is 2. The molecule has 2 amide bonds. The molecule has 2 heterocycles. The van der Waals surface area contributed by atoms with Crippen molar-refractivity contribution in [1.82, 2.24) is 4.90 Å². The van der Waals surface area contributed by atoms with Crippen LogP contribution in [0.2, 0.25) is 0 Å². The van der Waals surface area contributed by atoms with Crippen LogP contribution in [-0.4, -0.2) is 44.0 Å². The zero-order valence-corrected chi connectivity index (χ0v) is 11.8. The normalized spacial score (nSPS) is 15.1. The fourth-order valence-electron chi connectivity index (χ4n) is 2.17. The molecule has 6 nitrogen and oxygen atoms in total. The number of nitrogens with two attached hydrogens (primary N) is 1. The number of primary amides is 1. The van der Waals surface area contributed by atoms with Gasteiger partial charge in [-0.3, -0.25) is 9.59 Å². The smallest absolute Gasteiger partial charge is 0.251 e. The molecule has 0 aliphatic carbocycles. The van der Waals surface area contributed by atoms with Crippen molar-refractivity contribution < 1.29 is 14.3 Å². The van der Waals surface area contributed by atoms with E-state index in [-0.39, 0.29) is 12.5 Å². The largest absolute Gasteiger partial charge is 0.375 e. The van der Waals surface area contributed by atoms with Crippen molar-refractivity contribution in [3.8, 4) is 0 Å². The average molecular weight is 283 g/mol. The molecule has 7 heteroatoms. The number of nitrogens with zero attached hydrogens (tertiary/aromatic N) is 1. The van der Waals surface area contributed by atoms with Crippen LogP contribution in [0.5, 0.6) is 0 Å². The van der Waals surface area contributed by atoms with Gasteiger partial charge in [-0.05, 0) is 19.0 Å². The molecule has 0 saturated carbocycles. The lowest BCUT2D eigenvalue weighted by Crippen LogP contribution is -2.27. The van der Waals surface area contributed by atoms with E-state index in [1.165, 1.54) is 18.4 Å². The number of thiophene rings is 1. The second-order valence-electron chi connectivity index (χ2n) is 4.54. The van der Waals surface area contributed by atoms with Crippen molar-refractivity contribution in [3.63, 3.8) is 0 Å². The summed E-state index contributed by atoms with van der Waals surface area (Å²) in [5, 5.41) is 3.24. The number of fused-ring (bicyclic) bond motifs is 1. The number of hydrogen-bond acceptors (Lipinski definition) is 5. The summed E-state index contributed by atoms with van der Waals surface area (Å²) < 4.78 is 4.76. The van der Waals surface area contributed by atoms with Crippen molar-refractivity contribution in [2.24, 2.45) is 5.73 Å². The number of ether oxygens (including phenoxy) is 1. The highest BCUT2D eigenvalue weighted by atomic mass is 32.1. The predicted molar refractivity (Wildman–Crippen MR) is 73.4 cm³/mol. The summed E-state index contributed by atoms with van der Waals surface area (Å²) in [6.07, 6.45) is 0.779. The SMILES string of the molecule is COCC(=O)Nc1sc2c(c1C(N)=O)CCN(C)C2. The van der Waals surface area contributed by atoms with E-state index in [1.807, 2.05) is 7.05 Å². The van der Waals surface area contributed by atoms with E-state index < -0.39 is 5.91 Å². The van der Waals surface area contributed by atoms with Crippen molar-refractivity contribution >= 4 is 28.2 Å². The van der Waals surface area contributed by atoms with Crippen molar-refractivity contribution in [3.05, 3.63) is 16.0 Å². The summed E-state index contributed by atoms with van der Waals surface area (Å²) >= 11 is 1.42. The standard InChI is InChI=1S/C12H17N3O3S/c1-15-4-3-7-8(5-15)19-12(10(7)11(13)17)14-9(16)6-18-2/h3-6H2,1-2H3,(H2,13,17)(H,14,16). The highest BCUT2D eigenvalue weighted by Crippen LogP contribution is 2.36. The van der Waals surface area contributed by atoms with Crippen LogP contribution in [-0.2, 0) is 22.5 Å². The van der Waals surface area contributed by atoms with Gasteiger partial charge < -0.3 is 20.7 Å². The zero-order chi connectivity index (χ0) is 14.0. The maximum absolute atomic E-state index is 11.6. The first kappa shape index (κ1) is 14.0. The third-order valence-electron chi connectivity index (χ3n) is 3.02. The Morgan fingerprint density at radius 2 is 2.26 bits per heavy atom. The number of carbonyl (C=O) groups is 2. The van der Waals surface area contributed by atoms with Gasteiger partial charge >= 0.3 is 0 Å². The second-order valence-corrected chi connectivity index (χ2v) is 5.65. The van der Waals surface area contributed by atoms with Gasteiger partial charge in [0, 0.05) is 25.1 Å². The van der Waals surface area contributed by atoms with Crippen LogP contribution in [0.4, 0.5) is 5.00 Å². The summed E-state index contributed by atoms with van der Waals surface area (Å²) in [7, 11) is 3.47. The molecule has 0 saturated heterocycles. The van der Waals surface area contributed by atoms with Crippen LogP contribution < -0.4 is 11.1 Å². The molecule has 0 unspecified atom stereocenters. The molecule has 3 N–H and O–H groups in total. The Bertz CT molecular complexity index is 513. The summed E-state index contributed by atoms with van der Waals surface area (Å²) in [4.78, 5) is 26.4. The summed E-state index contributed by atoms with van der Waals surface area (Å²) in [5.41, 5.74) is 6.87. The second kappa shape index (κ2) is 5.68. The Morgan fingerprint density at radius 1 is 1.53 bits per heavy atom. The number of carbonyl (C=O) groups excluding carboxylic acids is 2. The number of nitrogens with one attached hydrogen (secondary N) is 1. The van der Waals surface area contributed by atoms with E-state index >= 15 is 0 Å². The van der Waals surface area contributed by atoms with E-state index in [2.05, 4.69) is 10.2 Å². The van der Waals surface area contributed by atoms with Gasteiger partial charge in [-0.25, -0.2) is 0 Å². The highest BCUT2D eigenvalue weighted by molar-refractivity contribution is 7.17. The molecule has 0 atom stereocenters. The molecule has 1 aromatic rings. The van der Waals surface area contributed by atoms with Gasteiger partial charge in [-0.1, -0.05) is 0 Å². The van der Waals surface area contributed by atoms with Crippen LogP contribution in [0.15, 0.2) is 0 Å². The van der Waals surface area contributed by atoms with Crippen molar-refractivity contribution in [1.29, 1.82) is 0 Å². The molecular weight excluding hydrogens is 266 g/mol. The number of rotatable bonds is 4. The number of methoxy groups -OCH3 is 1. The van der Waals surface area contributed by atoms with E-state index in [4.69, 9.17) is 10.5 Å². The fourth-order valence-corrected chi connectivity index (χ4v) is 3.52. The van der Waals surface area contributed by atoms with Crippen LogP contribution >= 0.6 is 11.3 Å². The highest BCUT2D eigenvalue weighted by Gasteiger charge is 2.26. The third kappa shape index (κ3) is 2.94. The summed E-state index contributed by atoms with van der Waals surface area (Å²) in [6.45, 7) is 1.62. The Balaban J connectivity index is 2.32.